The molecule has 0 aliphatic heterocycles. The molecule has 136 valence electrons. The first-order valence-corrected chi connectivity index (χ1v) is 8.34. The molecule has 1 atom stereocenters. The number of rotatable bonds is 9. The highest BCUT2D eigenvalue weighted by molar-refractivity contribution is 5.96. The molecule has 1 aromatic carbocycles. The van der Waals surface area contributed by atoms with Gasteiger partial charge in [-0.2, -0.15) is 0 Å². The zero-order valence-corrected chi connectivity index (χ0v) is 14.9. The van der Waals surface area contributed by atoms with Crippen molar-refractivity contribution >= 4 is 28.4 Å². The van der Waals surface area contributed by atoms with Gasteiger partial charge < -0.3 is 24.7 Å². The van der Waals surface area contributed by atoms with Crippen LogP contribution >= 0.6 is 0 Å². The van der Waals surface area contributed by atoms with Gasteiger partial charge in [0.25, 0.3) is 5.91 Å². The number of carbonyl (C=O) groups is 2. The maximum absolute atomic E-state index is 12.2. The second-order valence-corrected chi connectivity index (χ2v) is 5.59. The number of carbonyl (C=O) groups excluding carboxylic acids is 2. The summed E-state index contributed by atoms with van der Waals surface area (Å²) in [7, 11) is 1.60. The summed E-state index contributed by atoms with van der Waals surface area (Å²) < 4.78 is 12.5. The Kier molecular flexibility index (Phi) is 6.97. The Labute approximate surface area is 147 Å². The van der Waals surface area contributed by atoms with E-state index in [1.807, 2.05) is 42.0 Å². The molecule has 0 aliphatic rings. The molecule has 7 nitrogen and oxygen atoms in total. The Bertz CT molecular complexity index is 726. The number of benzene rings is 1. The van der Waals surface area contributed by atoms with Crippen LogP contribution in [-0.4, -0.2) is 49.4 Å². The van der Waals surface area contributed by atoms with E-state index in [9.17, 15) is 9.59 Å². The zero-order valence-electron chi connectivity index (χ0n) is 14.9. The van der Waals surface area contributed by atoms with Crippen molar-refractivity contribution in [1.82, 2.24) is 9.88 Å². The molecule has 7 heteroatoms. The topological polar surface area (TPSA) is 81.6 Å². The van der Waals surface area contributed by atoms with E-state index < -0.39 is 6.10 Å². The summed E-state index contributed by atoms with van der Waals surface area (Å²) in [5.41, 5.74) is 1.54. The molecule has 0 saturated heterocycles. The number of nitrogens with one attached hydrogen (secondary N) is 2. The predicted octanol–water partition coefficient (Wildman–Crippen LogP) is 1.77. The minimum atomic E-state index is -0.575. The maximum atomic E-state index is 12.2. The van der Waals surface area contributed by atoms with Gasteiger partial charge >= 0.3 is 0 Å². The highest BCUT2D eigenvalue weighted by Crippen LogP contribution is 2.21. The van der Waals surface area contributed by atoms with Gasteiger partial charge in [-0.05, 0) is 37.4 Å². The molecule has 0 unspecified atom stereocenters. The summed E-state index contributed by atoms with van der Waals surface area (Å²) in [4.78, 5) is 23.8. The Morgan fingerprint density at radius 2 is 2.04 bits per heavy atom. The van der Waals surface area contributed by atoms with E-state index in [2.05, 4.69) is 10.6 Å². The Balaban J connectivity index is 2.01. The third-order valence-electron chi connectivity index (χ3n) is 3.80. The van der Waals surface area contributed by atoms with Gasteiger partial charge in [0.05, 0.1) is 18.7 Å². The van der Waals surface area contributed by atoms with Crippen molar-refractivity contribution in [3.8, 4) is 0 Å². The van der Waals surface area contributed by atoms with Crippen molar-refractivity contribution in [3.05, 3.63) is 30.5 Å². The average molecular weight is 347 g/mol. The molecule has 2 rings (SSSR count). The zero-order chi connectivity index (χ0) is 18.2. The molecule has 0 fully saturated rings. The smallest absolute Gasteiger partial charge is 0.253 e. The third kappa shape index (κ3) is 5.30. The van der Waals surface area contributed by atoms with Gasteiger partial charge in [0.15, 0.2) is 0 Å². The van der Waals surface area contributed by atoms with E-state index >= 15 is 0 Å². The number of ether oxygens (including phenoxy) is 2. The number of amides is 2. The van der Waals surface area contributed by atoms with Gasteiger partial charge in [-0.15, -0.1) is 0 Å². The lowest BCUT2D eigenvalue weighted by atomic mass is 10.2. The largest absolute Gasteiger partial charge is 0.379 e. The molecule has 0 spiro atoms. The second kappa shape index (κ2) is 9.19. The summed E-state index contributed by atoms with van der Waals surface area (Å²) in [6.45, 7) is 5.30. The van der Waals surface area contributed by atoms with E-state index in [1.165, 1.54) is 0 Å². The third-order valence-corrected chi connectivity index (χ3v) is 3.80. The van der Waals surface area contributed by atoms with Crippen LogP contribution in [0.1, 0.15) is 13.8 Å². The first-order chi connectivity index (χ1) is 12.0. The maximum Gasteiger partial charge on any atom is 0.253 e. The summed E-state index contributed by atoms with van der Waals surface area (Å²) >= 11 is 0. The molecule has 1 heterocycles. The molecule has 0 radical (unpaired) electrons. The average Bonchev–Trinajstić information content (AvgIpc) is 3.00. The molecule has 0 bridgehead atoms. The van der Waals surface area contributed by atoms with Crippen molar-refractivity contribution in [1.29, 1.82) is 0 Å². The number of fused-ring (bicyclic) bond motifs is 1. The SMILES string of the molecule is CCOCCO[C@H](C)C(=O)Nc1ccc2ccn(CC(=O)NC)c2c1. The molecule has 2 N–H and O–H groups in total. The Morgan fingerprint density at radius 1 is 1.24 bits per heavy atom. The second-order valence-electron chi connectivity index (χ2n) is 5.59. The molecule has 0 saturated carbocycles. The summed E-state index contributed by atoms with van der Waals surface area (Å²) in [6.07, 6.45) is 1.28. The van der Waals surface area contributed by atoms with Gasteiger partial charge in [-0.25, -0.2) is 0 Å². The fourth-order valence-corrected chi connectivity index (χ4v) is 2.38. The predicted molar refractivity (Wildman–Crippen MR) is 96.5 cm³/mol. The molecule has 2 aromatic rings. The highest BCUT2D eigenvalue weighted by Gasteiger charge is 2.14. The van der Waals surface area contributed by atoms with Gasteiger partial charge in [0.1, 0.15) is 12.6 Å². The van der Waals surface area contributed by atoms with Crippen molar-refractivity contribution in [2.45, 2.75) is 26.5 Å². The lowest BCUT2D eigenvalue weighted by molar-refractivity contribution is -0.127. The Morgan fingerprint density at radius 3 is 2.76 bits per heavy atom. The van der Waals surface area contributed by atoms with Crippen LogP contribution < -0.4 is 10.6 Å². The van der Waals surface area contributed by atoms with Crippen molar-refractivity contribution in [2.75, 3.05) is 32.2 Å². The van der Waals surface area contributed by atoms with Gasteiger partial charge in [0, 0.05) is 25.5 Å². The Hall–Kier alpha value is -2.38. The normalized spacial score (nSPS) is 12.1. The number of nitrogens with zero attached hydrogens (tertiary/aromatic N) is 1. The van der Waals surface area contributed by atoms with Gasteiger partial charge in [-0.3, -0.25) is 9.59 Å². The molecule has 25 heavy (non-hydrogen) atoms. The van der Waals surface area contributed by atoms with Crippen LogP contribution in [0.4, 0.5) is 5.69 Å². The lowest BCUT2D eigenvalue weighted by Gasteiger charge is -2.14. The van der Waals surface area contributed by atoms with Crippen LogP contribution in [0.25, 0.3) is 10.9 Å². The molecule has 2 amide bonds. The number of aromatic nitrogens is 1. The minimum Gasteiger partial charge on any atom is -0.379 e. The number of anilines is 1. The molecule has 0 aliphatic carbocycles. The van der Waals surface area contributed by atoms with E-state index in [4.69, 9.17) is 9.47 Å². The fraction of sp³-hybridized carbons (Fsp3) is 0.444. The number of hydrogen-bond acceptors (Lipinski definition) is 4. The van der Waals surface area contributed by atoms with Crippen LogP contribution in [0.2, 0.25) is 0 Å². The number of hydrogen-bond donors (Lipinski definition) is 2. The van der Waals surface area contributed by atoms with Crippen molar-refractivity contribution < 1.29 is 19.1 Å². The van der Waals surface area contributed by atoms with E-state index in [-0.39, 0.29) is 18.4 Å². The quantitative estimate of drug-likeness (QED) is 0.678. The highest BCUT2D eigenvalue weighted by atomic mass is 16.5. The fourth-order valence-electron chi connectivity index (χ4n) is 2.38. The summed E-state index contributed by atoms with van der Waals surface area (Å²) in [5.74, 6) is -0.302. The van der Waals surface area contributed by atoms with Crippen LogP contribution in [-0.2, 0) is 25.6 Å². The summed E-state index contributed by atoms with van der Waals surface area (Å²) in [6, 6.07) is 7.52. The lowest BCUT2D eigenvalue weighted by Crippen LogP contribution is -2.28. The van der Waals surface area contributed by atoms with Gasteiger partial charge in [0.2, 0.25) is 5.91 Å². The van der Waals surface area contributed by atoms with E-state index in [1.54, 1.807) is 14.0 Å². The van der Waals surface area contributed by atoms with Crippen LogP contribution in [0.5, 0.6) is 0 Å². The van der Waals surface area contributed by atoms with Crippen molar-refractivity contribution in [2.24, 2.45) is 0 Å². The van der Waals surface area contributed by atoms with E-state index in [0.29, 0.717) is 25.5 Å². The minimum absolute atomic E-state index is 0.0803. The standard InChI is InChI=1S/C18H25N3O4/c1-4-24-9-10-25-13(2)18(23)20-15-6-5-14-7-8-21(16(14)11-15)12-17(22)19-3/h5-8,11,13H,4,9-10,12H2,1-3H3,(H,19,22)(H,20,23)/t13-/m1/s1. The molecule has 1 aromatic heterocycles. The van der Waals surface area contributed by atoms with E-state index in [0.717, 1.165) is 10.9 Å². The van der Waals surface area contributed by atoms with Crippen LogP contribution in [0.15, 0.2) is 30.5 Å². The van der Waals surface area contributed by atoms with Gasteiger partial charge in [-0.1, -0.05) is 6.07 Å². The molecular weight excluding hydrogens is 322 g/mol. The monoisotopic (exact) mass is 347 g/mol. The van der Waals surface area contributed by atoms with Crippen molar-refractivity contribution in [3.63, 3.8) is 0 Å². The van der Waals surface area contributed by atoms with Crippen LogP contribution in [0, 0.1) is 0 Å². The molecular formula is C18H25N3O4. The number of likely N-dealkylation sites (N-methyl/N-ethyl adjacent to an activating group) is 1. The first-order valence-electron chi connectivity index (χ1n) is 8.34. The first kappa shape index (κ1) is 19.0. The van der Waals surface area contributed by atoms with Crippen LogP contribution in [0.3, 0.4) is 0 Å². The summed E-state index contributed by atoms with van der Waals surface area (Å²) in [5, 5.41) is 6.45.